The third-order valence-corrected chi connectivity index (χ3v) is 11.1. The lowest BCUT2D eigenvalue weighted by atomic mass is 9.87. The first-order valence-corrected chi connectivity index (χ1v) is 22.8. The molecule has 0 aromatic heterocycles. The van der Waals surface area contributed by atoms with Crippen molar-refractivity contribution < 1.29 is 57.7 Å². The van der Waals surface area contributed by atoms with Crippen LogP contribution in [0.15, 0.2) is 12.2 Å². The average molecular weight is 806 g/mol. The molecule has 1 aliphatic carbocycles. The van der Waals surface area contributed by atoms with Gasteiger partial charge in [-0.1, -0.05) is 122 Å². The molecule has 6 N–H and O–H groups in total. The van der Waals surface area contributed by atoms with Crippen molar-refractivity contribution in [2.45, 2.75) is 192 Å². The number of aliphatic hydroxyl groups is 3. The van der Waals surface area contributed by atoms with Gasteiger partial charge in [0.05, 0.1) is 31.5 Å². The number of hydrogen-bond acceptors (Lipinski definition) is 12. The normalized spacial score (nSPS) is 20.7. The molecule has 14 heteroatoms. The van der Waals surface area contributed by atoms with Gasteiger partial charge in [0.2, 0.25) is 0 Å². The van der Waals surface area contributed by atoms with Crippen LogP contribution < -0.4 is 5.73 Å². The summed E-state index contributed by atoms with van der Waals surface area (Å²) in [5.41, 5.74) is 5.33. The van der Waals surface area contributed by atoms with Gasteiger partial charge in [-0.05, 0) is 25.7 Å². The fourth-order valence-corrected chi connectivity index (χ4v) is 7.63. The summed E-state index contributed by atoms with van der Waals surface area (Å²) in [7, 11) is -4.46. The number of ether oxygens (including phenoxy) is 2. The number of Topliss-reactive ketones (excluding diaryl/α,β-unsaturated/α-hetero) is 1. The van der Waals surface area contributed by atoms with Crippen LogP contribution in [0.1, 0.15) is 168 Å². The van der Waals surface area contributed by atoms with Crippen LogP contribution in [0, 0.1) is 11.8 Å². The first-order chi connectivity index (χ1) is 26.4. The van der Waals surface area contributed by atoms with Gasteiger partial charge >= 0.3 is 19.8 Å². The molecule has 1 rings (SSSR count). The molecule has 13 nitrogen and oxygen atoms in total. The molecule has 0 radical (unpaired) electrons. The number of aliphatic hydroxyl groups excluding tert-OH is 3. The van der Waals surface area contributed by atoms with Gasteiger partial charge in [-0.25, -0.2) is 4.57 Å². The van der Waals surface area contributed by atoms with Crippen LogP contribution in [0.5, 0.6) is 0 Å². The quantitative estimate of drug-likeness (QED) is 0.0181. The smallest absolute Gasteiger partial charge is 0.462 e. The van der Waals surface area contributed by atoms with Crippen LogP contribution in [0.4, 0.5) is 0 Å². The first-order valence-electron chi connectivity index (χ1n) is 21.3. The van der Waals surface area contributed by atoms with Gasteiger partial charge < -0.3 is 35.4 Å². The Kier molecular flexibility index (Phi) is 30.1. The predicted octanol–water partition coefficient (Wildman–Crippen LogP) is 7.39. The number of phosphoric acid groups is 1. The number of carbonyl (C=O) groups is 3. The van der Waals surface area contributed by atoms with E-state index in [0.717, 1.165) is 38.5 Å². The Morgan fingerprint density at radius 2 is 1.29 bits per heavy atom. The molecular weight excluding hydrogens is 729 g/mol. The number of nitrogens with two attached hydrogens (primary N) is 1. The van der Waals surface area contributed by atoms with Gasteiger partial charge in [-0.15, -0.1) is 0 Å². The predicted molar refractivity (Wildman–Crippen MR) is 213 cm³/mol. The average Bonchev–Trinajstić information content (AvgIpc) is 3.41. The Bertz CT molecular complexity index is 1090. The van der Waals surface area contributed by atoms with Crippen LogP contribution in [0.2, 0.25) is 0 Å². The molecule has 0 aromatic rings. The van der Waals surface area contributed by atoms with Crippen LogP contribution in [-0.2, 0) is 37.5 Å². The molecule has 0 heterocycles. The van der Waals surface area contributed by atoms with E-state index < -0.39 is 62.6 Å². The Morgan fingerprint density at radius 3 is 1.91 bits per heavy atom. The van der Waals surface area contributed by atoms with E-state index in [4.69, 9.17) is 24.3 Å². The summed E-state index contributed by atoms with van der Waals surface area (Å²) in [6.07, 6.45) is 20.2. The molecule has 0 amide bonds. The highest BCUT2D eigenvalue weighted by molar-refractivity contribution is 7.47. The molecule has 322 valence electrons. The van der Waals surface area contributed by atoms with E-state index in [1.807, 2.05) is 0 Å². The minimum atomic E-state index is -4.46. The van der Waals surface area contributed by atoms with Crippen molar-refractivity contribution in [2.24, 2.45) is 17.6 Å². The summed E-state index contributed by atoms with van der Waals surface area (Å²) in [5.74, 6) is -2.09. The molecule has 0 aromatic carbocycles. The summed E-state index contributed by atoms with van der Waals surface area (Å²) < 4.78 is 32.6. The summed E-state index contributed by atoms with van der Waals surface area (Å²) in [4.78, 5) is 47.8. The number of ketones is 1. The number of phosphoric ester groups is 1. The zero-order valence-corrected chi connectivity index (χ0v) is 34.9. The Labute approximate surface area is 331 Å². The molecule has 0 saturated heterocycles. The molecule has 0 bridgehead atoms. The Hall–Kier alpha value is -1.70. The molecule has 1 saturated carbocycles. The van der Waals surface area contributed by atoms with E-state index >= 15 is 0 Å². The fraction of sp³-hybridized carbons (Fsp3) is 0.878. The topological polar surface area (TPSA) is 212 Å². The minimum Gasteiger partial charge on any atom is -0.462 e. The lowest BCUT2D eigenvalue weighted by Gasteiger charge is -2.20. The second-order valence-electron chi connectivity index (χ2n) is 15.2. The maximum absolute atomic E-state index is 12.8. The third kappa shape index (κ3) is 26.8. The fourth-order valence-electron chi connectivity index (χ4n) is 6.87. The van der Waals surface area contributed by atoms with E-state index in [0.29, 0.717) is 25.7 Å². The van der Waals surface area contributed by atoms with Gasteiger partial charge in [0.15, 0.2) is 6.10 Å². The van der Waals surface area contributed by atoms with E-state index in [-0.39, 0.29) is 57.6 Å². The van der Waals surface area contributed by atoms with Gasteiger partial charge in [-0.3, -0.25) is 23.4 Å². The van der Waals surface area contributed by atoms with Gasteiger partial charge in [0, 0.05) is 50.5 Å². The standard InChI is InChI=1S/C41H76NO12P/c1-3-5-7-8-9-10-11-12-13-14-15-16-18-24-41(48)54-35(32-53-55(49,50)52-28-27-42)31-51-40(47)23-20-19-22-34(44)29-37-36(38(45)30-39(37)46)26-25-33(43)21-17-6-4-2/h25-26,33,35-39,43,45-46H,3-24,27-32,42H2,1-2H3,(H,49,50)/b26-25+/t33-,35+,36+,37+,38+,39-/m0/s1. The van der Waals surface area contributed by atoms with Crippen molar-refractivity contribution in [1.29, 1.82) is 0 Å². The molecule has 0 spiro atoms. The van der Waals surface area contributed by atoms with E-state index in [1.165, 1.54) is 57.8 Å². The highest BCUT2D eigenvalue weighted by Gasteiger charge is 2.41. The molecule has 1 aliphatic rings. The Morgan fingerprint density at radius 1 is 0.745 bits per heavy atom. The van der Waals surface area contributed by atoms with E-state index in [1.54, 1.807) is 12.2 Å². The minimum absolute atomic E-state index is 0.00207. The van der Waals surface area contributed by atoms with E-state index in [9.17, 15) is 39.2 Å². The SMILES string of the molecule is CCCCCCCCCCCCCCCC(=O)O[C@H](COC(=O)CCCCC(=O)C[C@@H]1[C@@H](/C=C/[C@@H](O)CCCCC)[C@H](O)C[C@@H]1O)COP(=O)(O)OCCN. The van der Waals surface area contributed by atoms with Crippen LogP contribution in [0.25, 0.3) is 0 Å². The zero-order valence-electron chi connectivity index (χ0n) is 34.0. The monoisotopic (exact) mass is 806 g/mol. The summed E-state index contributed by atoms with van der Waals surface area (Å²) >= 11 is 0. The second kappa shape index (κ2) is 32.3. The molecule has 55 heavy (non-hydrogen) atoms. The highest BCUT2D eigenvalue weighted by Crippen LogP contribution is 2.43. The molecule has 1 fully saturated rings. The number of rotatable bonds is 36. The van der Waals surface area contributed by atoms with Gasteiger partial charge in [0.1, 0.15) is 12.4 Å². The summed E-state index contributed by atoms with van der Waals surface area (Å²) in [6, 6.07) is 0. The van der Waals surface area contributed by atoms with Crippen molar-refractivity contribution in [3.05, 3.63) is 12.2 Å². The van der Waals surface area contributed by atoms with Crippen molar-refractivity contribution in [2.75, 3.05) is 26.4 Å². The van der Waals surface area contributed by atoms with Crippen molar-refractivity contribution in [3.8, 4) is 0 Å². The van der Waals surface area contributed by atoms with Crippen LogP contribution in [-0.4, -0.2) is 88.7 Å². The molecule has 0 aliphatic heterocycles. The zero-order chi connectivity index (χ0) is 40.7. The van der Waals surface area contributed by atoms with Crippen LogP contribution >= 0.6 is 7.82 Å². The van der Waals surface area contributed by atoms with Crippen molar-refractivity contribution in [1.82, 2.24) is 0 Å². The number of esters is 2. The summed E-state index contributed by atoms with van der Waals surface area (Å²) in [5, 5.41) is 31.2. The molecule has 7 atom stereocenters. The van der Waals surface area contributed by atoms with Gasteiger partial charge in [-0.2, -0.15) is 0 Å². The Balaban J connectivity index is 2.44. The summed E-state index contributed by atoms with van der Waals surface area (Å²) in [6.45, 7) is 3.19. The van der Waals surface area contributed by atoms with Crippen molar-refractivity contribution in [3.63, 3.8) is 0 Å². The third-order valence-electron chi connectivity index (χ3n) is 10.1. The second-order valence-corrected chi connectivity index (χ2v) is 16.6. The number of unbranched alkanes of at least 4 members (excludes halogenated alkanes) is 15. The van der Waals surface area contributed by atoms with Crippen LogP contribution in [0.3, 0.4) is 0 Å². The lowest BCUT2D eigenvalue weighted by molar-refractivity contribution is -0.161. The van der Waals surface area contributed by atoms with Crippen molar-refractivity contribution >= 4 is 25.5 Å². The number of carbonyl (C=O) groups excluding carboxylic acids is 3. The highest BCUT2D eigenvalue weighted by atomic mass is 31.2. The van der Waals surface area contributed by atoms with E-state index in [2.05, 4.69) is 13.8 Å². The van der Waals surface area contributed by atoms with Gasteiger partial charge in [0.25, 0.3) is 0 Å². The lowest BCUT2D eigenvalue weighted by Crippen LogP contribution is -2.29. The maximum Gasteiger partial charge on any atom is 0.472 e. The first kappa shape index (κ1) is 51.3. The number of hydrogen-bond donors (Lipinski definition) is 5. The molecular formula is C41H76NO12P. The maximum atomic E-state index is 12.8. The molecule has 1 unspecified atom stereocenters. The largest absolute Gasteiger partial charge is 0.472 e.